The molecule has 1 aliphatic heterocycles. The highest BCUT2D eigenvalue weighted by atomic mass is 16.5. The fourth-order valence-corrected chi connectivity index (χ4v) is 3.17. The Balaban J connectivity index is 1.67. The molecule has 9 nitrogen and oxygen atoms in total. The van der Waals surface area contributed by atoms with Crippen molar-refractivity contribution >= 4 is 11.8 Å². The van der Waals surface area contributed by atoms with E-state index in [0.29, 0.717) is 43.2 Å². The summed E-state index contributed by atoms with van der Waals surface area (Å²) in [6, 6.07) is 7.12. The number of phenols is 3. The van der Waals surface area contributed by atoms with Crippen LogP contribution in [0.4, 0.5) is 0 Å². The first-order valence-electron chi connectivity index (χ1n) is 8.91. The lowest BCUT2D eigenvalue weighted by Gasteiger charge is -2.35. The van der Waals surface area contributed by atoms with Crippen LogP contribution in [0.15, 0.2) is 30.3 Å². The van der Waals surface area contributed by atoms with Crippen LogP contribution >= 0.6 is 0 Å². The molecular weight excluding hydrogens is 380 g/mol. The second-order valence-electron chi connectivity index (χ2n) is 6.52. The SMILES string of the molecule is COc1ccc(C(=O)N2CCN(C(=O)c3cc(O)c(O)c(O)c3)CC2)cc1OC. The summed E-state index contributed by atoms with van der Waals surface area (Å²) < 4.78 is 10.4. The van der Waals surface area contributed by atoms with Crippen LogP contribution in [0.25, 0.3) is 0 Å². The van der Waals surface area contributed by atoms with Gasteiger partial charge in [0.15, 0.2) is 28.7 Å². The molecule has 0 bridgehead atoms. The molecule has 9 heteroatoms. The van der Waals surface area contributed by atoms with Crippen LogP contribution in [0.2, 0.25) is 0 Å². The number of methoxy groups -OCH3 is 2. The number of hydrogen-bond acceptors (Lipinski definition) is 7. The highest BCUT2D eigenvalue weighted by Gasteiger charge is 2.27. The molecule has 1 saturated heterocycles. The molecule has 0 radical (unpaired) electrons. The average Bonchev–Trinajstić information content (AvgIpc) is 2.75. The van der Waals surface area contributed by atoms with Crippen molar-refractivity contribution in [1.82, 2.24) is 9.80 Å². The molecule has 0 atom stereocenters. The van der Waals surface area contributed by atoms with Crippen molar-refractivity contribution < 1.29 is 34.4 Å². The number of hydrogen-bond donors (Lipinski definition) is 3. The van der Waals surface area contributed by atoms with E-state index in [4.69, 9.17) is 9.47 Å². The largest absolute Gasteiger partial charge is 0.504 e. The number of nitrogens with zero attached hydrogens (tertiary/aromatic N) is 2. The van der Waals surface area contributed by atoms with Crippen molar-refractivity contribution in [2.24, 2.45) is 0 Å². The third kappa shape index (κ3) is 3.98. The fourth-order valence-electron chi connectivity index (χ4n) is 3.17. The average molecular weight is 402 g/mol. The Kier molecular flexibility index (Phi) is 5.67. The normalized spacial score (nSPS) is 13.9. The van der Waals surface area contributed by atoms with Gasteiger partial charge in [-0.3, -0.25) is 9.59 Å². The van der Waals surface area contributed by atoms with Crippen LogP contribution < -0.4 is 9.47 Å². The van der Waals surface area contributed by atoms with Crippen LogP contribution in [0.1, 0.15) is 20.7 Å². The van der Waals surface area contributed by atoms with Gasteiger partial charge in [-0.15, -0.1) is 0 Å². The molecule has 0 saturated carbocycles. The van der Waals surface area contributed by atoms with Gasteiger partial charge in [0.25, 0.3) is 11.8 Å². The number of rotatable bonds is 4. The van der Waals surface area contributed by atoms with E-state index in [1.807, 2.05) is 0 Å². The number of benzene rings is 2. The van der Waals surface area contributed by atoms with Crippen molar-refractivity contribution in [3.63, 3.8) is 0 Å². The first-order chi connectivity index (χ1) is 13.8. The summed E-state index contributed by atoms with van der Waals surface area (Å²) in [5, 5.41) is 28.6. The number of ether oxygens (including phenoxy) is 2. The maximum absolute atomic E-state index is 12.8. The molecule has 2 aromatic rings. The van der Waals surface area contributed by atoms with Crippen molar-refractivity contribution in [2.75, 3.05) is 40.4 Å². The first kappa shape index (κ1) is 20.1. The van der Waals surface area contributed by atoms with E-state index < -0.39 is 23.2 Å². The highest BCUT2D eigenvalue weighted by Crippen LogP contribution is 2.35. The van der Waals surface area contributed by atoms with Gasteiger partial charge in [-0.2, -0.15) is 0 Å². The summed E-state index contributed by atoms with van der Waals surface area (Å²) in [4.78, 5) is 28.5. The smallest absolute Gasteiger partial charge is 0.254 e. The van der Waals surface area contributed by atoms with Gasteiger partial charge in [0.2, 0.25) is 0 Å². The summed E-state index contributed by atoms with van der Waals surface area (Å²) in [5.74, 6) is -1.43. The van der Waals surface area contributed by atoms with Gasteiger partial charge in [-0.25, -0.2) is 0 Å². The summed E-state index contributed by atoms with van der Waals surface area (Å²) in [6.07, 6.45) is 0. The summed E-state index contributed by atoms with van der Waals surface area (Å²) >= 11 is 0. The van der Waals surface area contributed by atoms with Crippen LogP contribution in [-0.4, -0.2) is 77.3 Å². The Morgan fingerprint density at radius 3 is 1.72 bits per heavy atom. The number of phenolic OH excluding ortho intramolecular Hbond substituents is 3. The van der Waals surface area contributed by atoms with Gasteiger partial charge in [-0.05, 0) is 30.3 Å². The summed E-state index contributed by atoms with van der Waals surface area (Å²) in [6.45, 7) is 1.24. The number of carbonyl (C=O) groups excluding carboxylic acids is 2. The first-order valence-corrected chi connectivity index (χ1v) is 8.91. The predicted molar refractivity (Wildman–Crippen MR) is 103 cm³/mol. The van der Waals surface area contributed by atoms with Gasteiger partial charge < -0.3 is 34.6 Å². The minimum absolute atomic E-state index is 0.0532. The minimum Gasteiger partial charge on any atom is -0.504 e. The highest BCUT2D eigenvalue weighted by molar-refractivity contribution is 5.97. The van der Waals surface area contributed by atoms with Crippen LogP contribution in [0.3, 0.4) is 0 Å². The van der Waals surface area contributed by atoms with E-state index in [0.717, 1.165) is 12.1 Å². The molecule has 0 unspecified atom stereocenters. The minimum atomic E-state index is -0.674. The molecule has 2 amide bonds. The van der Waals surface area contributed by atoms with Gasteiger partial charge in [0, 0.05) is 37.3 Å². The molecule has 0 aromatic heterocycles. The second-order valence-corrected chi connectivity index (χ2v) is 6.52. The Bertz CT molecular complexity index is 913. The van der Waals surface area contributed by atoms with E-state index in [1.165, 1.54) is 19.1 Å². The molecule has 3 rings (SSSR count). The maximum atomic E-state index is 12.8. The zero-order chi connectivity index (χ0) is 21.1. The lowest BCUT2D eigenvalue weighted by atomic mass is 10.1. The lowest BCUT2D eigenvalue weighted by Crippen LogP contribution is -2.50. The Labute approximate surface area is 167 Å². The third-order valence-corrected chi connectivity index (χ3v) is 4.80. The van der Waals surface area contributed by atoms with Gasteiger partial charge in [-0.1, -0.05) is 0 Å². The van der Waals surface area contributed by atoms with Crippen molar-refractivity contribution in [2.45, 2.75) is 0 Å². The molecule has 0 aliphatic carbocycles. The summed E-state index contributed by atoms with van der Waals surface area (Å²) in [5.41, 5.74) is 0.508. The van der Waals surface area contributed by atoms with Gasteiger partial charge in [0.1, 0.15) is 0 Å². The number of aromatic hydroxyl groups is 3. The molecule has 0 spiro atoms. The number of carbonyl (C=O) groups is 2. The second kappa shape index (κ2) is 8.17. The fraction of sp³-hybridized carbons (Fsp3) is 0.300. The Morgan fingerprint density at radius 2 is 1.24 bits per heavy atom. The molecule has 154 valence electrons. The molecule has 2 aromatic carbocycles. The molecule has 1 aliphatic rings. The molecule has 29 heavy (non-hydrogen) atoms. The quantitative estimate of drug-likeness (QED) is 0.662. The zero-order valence-corrected chi connectivity index (χ0v) is 16.1. The molecular formula is C20H22N2O7. The van der Waals surface area contributed by atoms with Crippen molar-refractivity contribution in [1.29, 1.82) is 0 Å². The molecule has 1 heterocycles. The van der Waals surface area contributed by atoms with Crippen LogP contribution in [0, 0.1) is 0 Å². The van der Waals surface area contributed by atoms with Gasteiger partial charge >= 0.3 is 0 Å². The van der Waals surface area contributed by atoms with E-state index in [1.54, 1.807) is 23.1 Å². The molecule has 1 fully saturated rings. The number of piperazine rings is 1. The monoisotopic (exact) mass is 402 g/mol. The van der Waals surface area contributed by atoms with E-state index in [9.17, 15) is 24.9 Å². The van der Waals surface area contributed by atoms with Crippen molar-refractivity contribution in [3.05, 3.63) is 41.5 Å². The summed E-state index contributed by atoms with van der Waals surface area (Å²) in [7, 11) is 3.01. The van der Waals surface area contributed by atoms with E-state index >= 15 is 0 Å². The van der Waals surface area contributed by atoms with E-state index in [-0.39, 0.29) is 11.5 Å². The van der Waals surface area contributed by atoms with Crippen molar-refractivity contribution in [3.8, 4) is 28.7 Å². The van der Waals surface area contributed by atoms with Crippen LogP contribution in [-0.2, 0) is 0 Å². The van der Waals surface area contributed by atoms with E-state index in [2.05, 4.69) is 0 Å². The lowest BCUT2D eigenvalue weighted by molar-refractivity contribution is 0.0535. The topological polar surface area (TPSA) is 120 Å². The standard InChI is InChI=1S/C20H22N2O7/c1-28-16-4-3-12(11-17(16)29-2)19(26)21-5-7-22(8-6-21)20(27)13-9-14(23)18(25)15(24)10-13/h3-4,9-11,23-25H,5-8H2,1-2H3. The maximum Gasteiger partial charge on any atom is 0.254 e. The van der Waals surface area contributed by atoms with Crippen LogP contribution in [0.5, 0.6) is 28.7 Å². The molecule has 3 N–H and O–H groups in total. The Morgan fingerprint density at radius 1 is 0.759 bits per heavy atom. The third-order valence-electron chi connectivity index (χ3n) is 4.80. The Hall–Kier alpha value is -3.62. The van der Waals surface area contributed by atoms with Gasteiger partial charge in [0.05, 0.1) is 14.2 Å². The zero-order valence-electron chi connectivity index (χ0n) is 16.1. The predicted octanol–water partition coefficient (Wildman–Crippen LogP) is 1.42. The number of amides is 2.